The first kappa shape index (κ1) is 9.04. The van der Waals surface area contributed by atoms with Gasteiger partial charge in [0.15, 0.2) is 0 Å². The zero-order valence-electron chi connectivity index (χ0n) is 9.53. The van der Waals surface area contributed by atoms with Gasteiger partial charge in [-0.2, -0.15) is 0 Å². The Balaban J connectivity index is 1.40. The van der Waals surface area contributed by atoms with E-state index in [1.54, 1.807) is 0 Å². The van der Waals surface area contributed by atoms with Crippen molar-refractivity contribution < 1.29 is 4.74 Å². The molecule has 0 amide bonds. The van der Waals surface area contributed by atoms with Crippen LogP contribution in [-0.2, 0) is 4.74 Å². The first-order chi connectivity index (χ1) is 7.38. The zero-order chi connectivity index (χ0) is 9.83. The van der Waals surface area contributed by atoms with Gasteiger partial charge in [-0.3, -0.25) is 0 Å². The number of ether oxygens (including phenoxy) is 1. The fourth-order valence-corrected chi connectivity index (χ4v) is 4.93. The smallest absolute Gasteiger partial charge is 0.0609 e. The molecule has 4 fully saturated rings. The van der Waals surface area contributed by atoms with Crippen molar-refractivity contribution in [1.29, 1.82) is 0 Å². The third kappa shape index (κ3) is 1.39. The summed E-state index contributed by atoms with van der Waals surface area (Å²) in [4.78, 5) is 0. The Morgan fingerprint density at radius 1 is 0.600 bits per heavy atom. The molecular formula is C14H22O. The second-order valence-electron chi connectivity index (χ2n) is 6.56. The summed E-state index contributed by atoms with van der Waals surface area (Å²) < 4.78 is 6.44. The molecule has 1 nitrogen and oxygen atoms in total. The maximum Gasteiger partial charge on any atom is 0.0609 e. The highest BCUT2D eigenvalue weighted by molar-refractivity contribution is 4.95. The van der Waals surface area contributed by atoms with E-state index in [9.17, 15) is 0 Å². The van der Waals surface area contributed by atoms with Crippen LogP contribution in [0.25, 0.3) is 0 Å². The van der Waals surface area contributed by atoms with E-state index in [1.807, 2.05) is 0 Å². The Morgan fingerprint density at radius 2 is 1.13 bits per heavy atom. The van der Waals surface area contributed by atoms with Gasteiger partial charge in [-0.15, -0.1) is 0 Å². The minimum atomic E-state index is 0.674. The van der Waals surface area contributed by atoms with Gasteiger partial charge in [0.05, 0.1) is 12.2 Å². The normalized spacial score (nSPS) is 56.8. The molecule has 4 saturated carbocycles. The van der Waals surface area contributed by atoms with Crippen molar-refractivity contribution in [2.24, 2.45) is 23.7 Å². The van der Waals surface area contributed by atoms with E-state index < -0.39 is 0 Å². The monoisotopic (exact) mass is 206 g/mol. The molecule has 0 heterocycles. The van der Waals surface area contributed by atoms with Crippen LogP contribution in [0.1, 0.15) is 51.4 Å². The Morgan fingerprint density at radius 3 is 1.47 bits per heavy atom. The summed E-state index contributed by atoms with van der Waals surface area (Å²) in [6.07, 6.45) is 13.1. The molecule has 0 aromatic rings. The highest BCUT2D eigenvalue weighted by atomic mass is 16.5. The lowest BCUT2D eigenvalue weighted by Gasteiger charge is -2.30. The van der Waals surface area contributed by atoms with Crippen molar-refractivity contribution in [2.45, 2.75) is 63.6 Å². The quantitative estimate of drug-likeness (QED) is 0.673. The molecular weight excluding hydrogens is 184 g/mol. The molecule has 4 rings (SSSR count). The molecule has 0 radical (unpaired) electrons. The van der Waals surface area contributed by atoms with Crippen molar-refractivity contribution >= 4 is 0 Å². The van der Waals surface area contributed by atoms with Crippen LogP contribution in [-0.4, -0.2) is 12.2 Å². The van der Waals surface area contributed by atoms with E-state index in [0.29, 0.717) is 12.2 Å². The van der Waals surface area contributed by atoms with Crippen LogP contribution in [0, 0.1) is 23.7 Å². The zero-order valence-corrected chi connectivity index (χ0v) is 9.53. The van der Waals surface area contributed by atoms with Crippen LogP contribution in [0.2, 0.25) is 0 Å². The third-order valence-corrected chi connectivity index (χ3v) is 5.70. The van der Waals surface area contributed by atoms with Gasteiger partial charge in [-0.05, 0) is 75.0 Å². The van der Waals surface area contributed by atoms with E-state index in [4.69, 9.17) is 4.74 Å². The molecule has 0 unspecified atom stereocenters. The first-order valence-electron chi connectivity index (χ1n) is 7.04. The number of hydrogen-bond donors (Lipinski definition) is 0. The second-order valence-corrected chi connectivity index (χ2v) is 6.56. The molecule has 0 aromatic heterocycles. The number of hydrogen-bond acceptors (Lipinski definition) is 1. The summed E-state index contributed by atoms with van der Waals surface area (Å²) in [5.41, 5.74) is 0. The lowest BCUT2D eigenvalue weighted by atomic mass is 9.95. The predicted octanol–water partition coefficient (Wildman–Crippen LogP) is 3.38. The highest BCUT2D eigenvalue weighted by Crippen LogP contribution is 2.50. The molecule has 4 aliphatic carbocycles. The second kappa shape index (κ2) is 3.23. The Labute approximate surface area is 92.6 Å². The fourth-order valence-electron chi connectivity index (χ4n) is 4.93. The Kier molecular flexibility index (Phi) is 1.94. The van der Waals surface area contributed by atoms with Gasteiger partial charge in [0.1, 0.15) is 0 Å². The SMILES string of the molecule is C1C[C@@H]2C[C@H]1C[C@@H]2O[C@H]1C[C@H]2CC[C@@H]1C2. The molecule has 1 heteroatoms. The third-order valence-electron chi connectivity index (χ3n) is 5.70. The number of fused-ring (bicyclic) bond motifs is 4. The van der Waals surface area contributed by atoms with Crippen LogP contribution >= 0.6 is 0 Å². The van der Waals surface area contributed by atoms with E-state index in [1.165, 1.54) is 51.4 Å². The number of rotatable bonds is 2. The largest absolute Gasteiger partial charge is 0.374 e. The van der Waals surface area contributed by atoms with E-state index in [-0.39, 0.29) is 0 Å². The fraction of sp³-hybridized carbons (Fsp3) is 1.00. The van der Waals surface area contributed by atoms with E-state index >= 15 is 0 Å². The molecule has 0 spiro atoms. The molecule has 15 heavy (non-hydrogen) atoms. The van der Waals surface area contributed by atoms with Crippen molar-refractivity contribution in [2.75, 3.05) is 0 Å². The average Bonchev–Trinajstić information content (AvgIpc) is 2.96. The molecule has 0 aliphatic heterocycles. The van der Waals surface area contributed by atoms with Gasteiger partial charge in [-0.1, -0.05) is 0 Å². The van der Waals surface area contributed by atoms with E-state index in [2.05, 4.69) is 0 Å². The maximum absolute atomic E-state index is 6.44. The van der Waals surface area contributed by atoms with Gasteiger partial charge >= 0.3 is 0 Å². The molecule has 0 saturated heterocycles. The van der Waals surface area contributed by atoms with Crippen LogP contribution in [0.5, 0.6) is 0 Å². The molecule has 6 atom stereocenters. The lowest BCUT2D eigenvalue weighted by Crippen LogP contribution is -2.30. The maximum atomic E-state index is 6.44. The Bertz CT molecular complexity index is 236. The average molecular weight is 206 g/mol. The predicted molar refractivity (Wildman–Crippen MR) is 59.6 cm³/mol. The minimum absolute atomic E-state index is 0.674. The standard InChI is InChI=1S/C14H22O/c1-3-11-5-9(1)7-13(11)15-14-8-10-2-4-12(14)6-10/h9-14H,1-8H2/t9-,10-,11+,12+,13-,14-/m0/s1. The van der Waals surface area contributed by atoms with Crippen LogP contribution in [0.4, 0.5) is 0 Å². The van der Waals surface area contributed by atoms with Gasteiger partial charge in [-0.25, -0.2) is 0 Å². The van der Waals surface area contributed by atoms with Gasteiger partial charge in [0.25, 0.3) is 0 Å². The van der Waals surface area contributed by atoms with Crippen molar-refractivity contribution in [3.63, 3.8) is 0 Å². The van der Waals surface area contributed by atoms with Crippen molar-refractivity contribution in [3.8, 4) is 0 Å². The lowest BCUT2D eigenvalue weighted by molar-refractivity contribution is -0.0622. The summed E-state index contributed by atoms with van der Waals surface area (Å²) in [5.74, 6) is 3.99. The summed E-state index contributed by atoms with van der Waals surface area (Å²) in [6, 6.07) is 0. The summed E-state index contributed by atoms with van der Waals surface area (Å²) in [7, 11) is 0. The van der Waals surface area contributed by atoms with Crippen LogP contribution in [0.15, 0.2) is 0 Å². The van der Waals surface area contributed by atoms with Crippen molar-refractivity contribution in [3.05, 3.63) is 0 Å². The summed E-state index contributed by atoms with van der Waals surface area (Å²) in [5, 5.41) is 0. The van der Waals surface area contributed by atoms with Crippen LogP contribution < -0.4 is 0 Å². The van der Waals surface area contributed by atoms with E-state index in [0.717, 1.165) is 23.7 Å². The molecule has 0 aromatic carbocycles. The van der Waals surface area contributed by atoms with Crippen molar-refractivity contribution in [1.82, 2.24) is 0 Å². The van der Waals surface area contributed by atoms with Gasteiger partial charge in [0.2, 0.25) is 0 Å². The molecule has 0 N–H and O–H groups in total. The first-order valence-corrected chi connectivity index (χ1v) is 7.04. The summed E-state index contributed by atoms with van der Waals surface area (Å²) in [6.45, 7) is 0. The molecule has 4 bridgehead atoms. The topological polar surface area (TPSA) is 9.23 Å². The van der Waals surface area contributed by atoms with Gasteiger partial charge < -0.3 is 4.74 Å². The van der Waals surface area contributed by atoms with Gasteiger partial charge in [0, 0.05) is 0 Å². The van der Waals surface area contributed by atoms with Crippen LogP contribution in [0.3, 0.4) is 0 Å². The minimum Gasteiger partial charge on any atom is -0.374 e. The molecule has 84 valence electrons. The highest BCUT2D eigenvalue weighted by Gasteiger charge is 2.45. The summed E-state index contributed by atoms with van der Waals surface area (Å²) >= 11 is 0. The Hall–Kier alpha value is -0.0400. The molecule has 4 aliphatic rings.